The smallest absolute Gasteiger partial charge is 0.335 e. The van der Waals surface area contributed by atoms with Crippen LogP contribution in [0.5, 0.6) is 0 Å². The molecule has 2 N–H and O–H groups in total. The number of nitrogens with one attached hydrogen (secondary N) is 2. The van der Waals surface area contributed by atoms with Gasteiger partial charge in [-0.1, -0.05) is 12.2 Å². The van der Waals surface area contributed by atoms with Gasteiger partial charge < -0.3 is 5.32 Å². The molecule has 1 heterocycles. The SMILES string of the molecule is O=c1nccc(NC(=S)CCl)[nH]1. The number of hydrogen-bond acceptors (Lipinski definition) is 3. The molecule has 0 fully saturated rings. The predicted molar refractivity (Wildman–Crippen MR) is 51.8 cm³/mol. The minimum atomic E-state index is -0.419. The summed E-state index contributed by atoms with van der Waals surface area (Å²) in [4.78, 5) is 17.0. The molecule has 0 radical (unpaired) electrons. The summed E-state index contributed by atoms with van der Waals surface area (Å²) in [5.74, 6) is 0.723. The van der Waals surface area contributed by atoms with Crippen LogP contribution in [0.4, 0.5) is 5.82 Å². The maximum atomic E-state index is 10.7. The van der Waals surface area contributed by atoms with Gasteiger partial charge in [0.15, 0.2) is 0 Å². The number of hydrogen-bond donors (Lipinski definition) is 2. The molecule has 6 heteroatoms. The molecule has 12 heavy (non-hydrogen) atoms. The monoisotopic (exact) mass is 203 g/mol. The first kappa shape index (κ1) is 9.15. The van der Waals surface area contributed by atoms with Crippen LogP contribution in [0.25, 0.3) is 0 Å². The van der Waals surface area contributed by atoms with Crippen molar-refractivity contribution in [1.29, 1.82) is 0 Å². The largest absolute Gasteiger partial charge is 0.346 e. The molecule has 0 saturated heterocycles. The number of rotatable bonds is 2. The number of anilines is 1. The number of aromatic nitrogens is 2. The number of H-pyrrole nitrogens is 1. The van der Waals surface area contributed by atoms with E-state index in [0.29, 0.717) is 10.8 Å². The lowest BCUT2D eigenvalue weighted by Crippen LogP contribution is -2.16. The Morgan fingerprint density at radius 3 is 3.17 bits per heavy atom. The lowest BCUT2D eigenvalue weighted by atomic mass is 10.5. The van der Waals surface area contributed by atoms with E-state index >= 15 is 0 Å². The molecular formula is C6H6ClN3OS. The van der Waals surface area contributed by atoms with E-state index in [0.717, 1.165) is 0 Å². The van der Waals surface area contributed by atoms with Crippen molar-refractivity contribution in [3.05, 3.63) is 22.7 Å². The van der Waals surface area contributed by atoms with Crippen molar-refractivity contribution in [3.8, 4) is 0 Å². The standard InChI is InChI=1S/C6H6ClN3OS/c7-3-5(12)9-4-1-2-8-6(11)10-4/h1-2H,3H2,(H2,8,9,10,11,12). The summed E-state index contributed by atoms with van der Waals surface area (Å²) in [5.41, 5.74) is -0.419. The van der Waals surface area contributed by atoms with Gasteiger partial charge in [0, 0.05) is 6.20 Å². The first-order valence-corrected chi connectivity index (χ1v) is 4.08. The highest BCUT2D eigenvalue weighted by Crippen LogP contribution is 1.96. The number of nitrogens with zero attached hydrogens (tertiary/aromatic N) is 1. The van der Waals surface area contributed by atoms with E-state index in [1.54, 1.807) is 6.07 Å². The van der Waals surface area contributed by atoms with Gasteiger partial charge in [0.05, 0.1) is 10.9 Å². The second-order valence-corrected chi connectivity index (χ2v) is 2.73. The summed E-state index contributed by atoms with van der Waals surface area (Å²) < 4.78 is 0. The Morgan fingerprint density at radius 1 is 1.83 bits per heavy atom. The maximum absolute atomic E-state index is 10.7. The molecule has 1 aromatic rings. The Labute approximate surface area is 79.0 Å². The van der Waals surface area contributed by atoms with E-state index in [1.807, 2.05) is 0 Å². The third-order valence-corrected chi connectivity index (χ3v) is 1.74. The van der Waals surface area contributed by atoms with Crippen molar-refractivity contribution in [1.82, 2.24) is 9.97 Å². The summed E-state index contributed by atoms with van der Waals surface area (Å²) in [5, 5.41) is 2.74. The van der Waals surface area contributed by atoms with E-state index in [1.165, 1.54) is 6.20 Å². The van der Waals surface area contributed by atoms with Gasteiger partial charge in [-0.15, -0.1) is 11.6 Å². The van der Waals surface area contributed by atoms with Gasteiger partial charge in [-0.2, -0.15) is 0 Å². The van der Waals surface area contributed by atoms with Crippen LogP contribution in [0, 0.1) is 0 Å². The maximum Gasteiger partial charge on any atom is 0.346 e. The van der Waals surface area contributed by atoms with Crippen LogP contribution in [0.15, 0.2) is 17.1 Å². The number of aromatic amines is 1. The van der Waals surface area contributed by atoms with Crippen LogP contribution >= 0.6 is 23.8 Å². The fourth-order valence-corrected chi connectivity index (χ4v) is 0.802. The van der Waals surface area contributed by atoms with E-state index in [-0.39, 0.29) is 5.88 Å². The molecule has 0 aliphatic heterocycles. The van der Waals surface area contributed by atoms with Crippen LogP contribution in [0.1, 0.15) is 0 Å². The normalized spacial score (nSPS) is 9.42. The lowest BCUT2D eigenvalue weighted by Gasteiger charge is -2.02. The Balaban J connectivity index is 2.76. The Kier molecular flexibility index (Phi) is 3.19. The van der Waals surface area contributed by atoms with Crippen LogP contribution in [0.2, 0.25) is 0 Å². The van der Waals surface area contributed by atoms with Crippen molar-refractivity contribution < 1.29 is 0 Å². The van der Waals surface area contributed by atoms with Crippen molar-refractivity contribution in [3.63, 3.8) is 0 Å². The molecule has 0 unspecified atom stereocenters. The molecule has 0 atom stereocenters. The molecule has 4 nitrogen and oxygen atoms in total. The molecule has 0 aromatic carbocycles. The molecule has 1 rings (SSSR count). The molecule has 0 aliphatic carbocycles. The molecule has 64 valence electrons. The summed E-state index contributed by atoms with van der Waals surface area (Å²) in [6, 6.07) is 1.60. The number of alkyl halides is 1. The van der Waals surface area contributed by atoms with Gasteiger partial charge in [0.25, 0.3) is 0 Å². The molecule has 0 saturated carbocycles. The van der Waals surface area contributed by atoms with Crippen LogP contribution in [-0.4, -0.2) is 20.8 Å². The Morgan fingerprint density at radius 2 is 2.58 bits per heavy atom. The van der Waals surface area contributed by atoms with Crippen LogP contribution in [-0.2, 0) is 0 Å². The topological polar surface area (TPSA) is 57.8 Å². The number of halogens is 1. The minimum absolute atomic E-state index is 0.222. The zero-order valence-corrected chi connectivity index (χ0v) is 7.58. The summed E-state index contributed by atoms with van der Waals surface area (Å²) in [6.07, 6.45) is 1.39. The van der Waals surface area contributed by atoms with Gasteiger partial charge in [-0.3, -0.25) is 4.98 Å². The predicted octanol–water partition coefficient (Wildman–Crippen LogP) is 0.748. The van der Waals surface area contributed by atoms with Gasteiger partial charge in [0.1, 0.15) is 5.82 Å². The lowest BCUT2D eigenvalue weighted by molar-refractivity contribution is 1.08. The van der Waals surface area contributed by atoms with Gasteiger partial charge >= 0.3 is 5.69 Å². The molecule has 0 aliphatic rings. The molecule has 1 aromatic heterocycles. The summed E-state index contributed by atoms with van der Waals surface area (Å²) in [7, 11) is 0. The first-order chi connectivity index (χ1) is 5.72. The third kappa shape index (κ3) is 2.60. The summed E-state index contributed by atoms with van der Waals surface area (Å²) in [6.45, 7) is 0. The van der Waals surface area contributed by atoms with Crippen molar-refractivity contribution >= 4 is 34.6 Å². The van der Waals surface area contributed by atoms with Crippen LogP contribution in [0.3, 0.4) is 0 Å². The van der Waals surface area contributed by atoms with E-state index in [2.05, 4.69) is 15.3 Å². The van der Waals surface area contributed by atoms with Crippen molar-refractivity contribution in [2.75, 3.05) is 11.2 Å². The fourth-order valence-electron chi connectivity index (χ4n) is 0.625. The fraction of sp³-hybridized carbons (Fsp3) is 0.167. The average Bonchev–Trinajstić information content (AvgIpc) is 2.04. The van der Waals surface area contributed by atoms with Crippen molar-refractivity contribution in [2.45, 2.75) is 0 Å². The van der Waals surface area contributed by atoms with Gasteiger partial charge in [-0.25, -0.2) is 9.78 Å². The summed E-state index contributed by atoms with van der Waals surface area (Å²) >= 11 is 10.2. The van der Waals surface area contributed by atoms with E-state index < -0.39 is 5.69 Å². The molecular weight excluding hydrogens is 198 g/mol. The van der Waals surface area contributed by atoms with Gasteiger partial charge in [0.2, 0.25) is 0 Å². The van der Waals surface area contributed by atoms with Gasteiger partial charge in [-0.05, 0) is 6.07 Å². The highest BCUT2D eigenvalue weighted by Gasteiger charge is 1.95. The first-order valence-electron chi connectivity index (χ1n) is 3.13. The number of thiocarbonyl (C=S) groups is 1. The Hall–Kier alpha value is -0.940. The van der Waals surface area contributed by atoms with Crippen molar-refractivity contribution in [2.24, 2.45) is 0 Å². The minimum Gasteiger partial charge on any atom is -0.335 e. The average molecular weight is 204 g/mol. The highest BCUT2D eigenvalue weighted by molar-refractivity contribution is 7.80. The molecule has 0 bridgehead atoms. The zero-order valence-electron chi connectivity index (χ0n) is 6.00. The van der Waals surface area contributed by atoms with E-state index in [4.69, 9.17) is 23.8 Å². The second kappa shape index (κ2) is 4.18. The Bertz CT molecular complexity index is 338. The molecule has 0 amide bonds. The molecule has 0 spiro atoms. The van der Waals surface area contributed by atoms with Crippen LogP contribution < -0.4 is 11.0 Å². The van der Waals surface area contributed by atoms with E-state index in [9.17, 15) is 4.79 Å². The quantitative estimate of drug-likeness (QED) is 0.550. The zero-order chi connectivity index (χ0) is 8.97. The second-order valence-electron chi connectivity index (χ2n) is 1.97. The highest BCUT2D eigenvalue weighted by atomic mass is 35.5. The third-order valence-electron chi connectivity index (χ3n) is 1.07.